The van der Waals surface area contributed by atoms with Crippen LogP contribution in [0.3, 0.4) is 0 Å². The first-order valence-electron chi connectivity index (χ1n) is 10.8. The van der Waals surface area contributed by atoms with Crippen molar-refractivity contribution < 1.29 is 33.7 Å². The molecule has 3 aliphatic rings. The summed E-state index contributed by atoms with van der Waals surface area (Å²) in [5, 5.41) is 26.0. The highest BCUT2D eigenvalue weighted by atomic mass is 35.5. The monoisotopic (exact) mass is 490 g/mol. The van der Waals surface area contributed by atoms with E-state index in [0.29, 0.717) is 25.7 Å². The zero-order chi connectivity index (χ0) is 24.5. The van der Waals surface area contributed by atoms with Crippen molar-refractivity contribution in [2.45, 2.75) is 49.3 Å². The van der Waals surface area contributed by atoms with Gasteiger partial charge in [0.25, 0.3) is 11.8 Å². The van der Waals surface area contributed by atoms with Crippen LogP contribution in [0.25, 0.3) is 0 Å². The number of aromatic carboxylic acids is 1. The number of rotatable bonds is 7. The molecule has 3 aliphatic carbocycles. The van der Waals surface area contributed by atoms with Crippen LogP contribution in [0.2, 0.25) is 5.02 Å². The number of hydrogen-bond acceptors (Lipinski definition) is 5. The minimum atomic E-state index is -1.19. The standard InChI is InChI=1S/C24H24ClFN2O6/c25-17-6-5-14(11-18(17)26)34-13-20(30)27-24-9-7-23(8-10-24,12-19(24)29)28-21(31)15-3-1-2-4-16(15)22(32)33/h1-6,11,19,29H,7-10,12-13H2,(H,27,30)(H,28,31)(H,32,33). The Morgan fingerprint density at radius 3 is 2.35 bits per heavy atom. The predicted octanol–water partition coefficient (Wildman–Crippen LogP) is 2.92. The molecule has 0 radical (unpaired) electrons. The van der Waals surface area contributed by atoms with Crippen LogP contribution in [0.15, 0.2) is 42.5 Å². The molecule has 1 unspecified atom stereocenters. The van der Waals surface area contributed by atoms with Gasteiger partial charge in [0.15, 0.2) is 6.61 Å². The van der Waals surface area contributed by atoms with Gasteiger partial charge < -0.3 is 25.6 Å². The number of ether oxygens (including phenoxy) is 1. The van der Waals surface area contributed by atoms with E-state index in [1.807, 2.05) is 0 Å². The molecule has 4 N–H and O–H groups in total. The number of aliphatic hydroxyl groups is 1. The maximum absolute atomic E-state index is 13.5. The van der Waals surface area contributed by atoms with Gasteiger partial charge in [-0.25, -0.2) is 9.18 Å². The lowest BCUT2D eigenvalue weighted by molar-refractivity contribution is -0.132. The highest BCUT2D eigenvalue weighted by Gasteiger charge is 2.55. The number of nitrogens with one attached hydrogen (secondary N) is 2. The Labute approximate surface area is 200 Å². The number of carboxylic acids is 1. The third-order valence-corrected chi connectivity index (χ3v) is 7.06. The average Bonchev–Trinajstić information content (AvgIpc) is 2.81. The van der Waals surface area contributed by atoms with Crippen LogP contribution in [0.4, 0.5) is 4.39 Å². The van der Waals surface area contributed by atoms with Gasteiger partial charge in [-0.3, -0.25) is 9.59 Å². The van der Waals surface area contributed by atoms with Gasteiger partial charge in [0.2, 0.25) is 0 Å². The van der Waals surface area contributed by atoms with Crippen molar-refractivity contribution >= 4 is 29.4 Å². The van der Waals surface area contributed by atoms with E-state index in [4.69, 9.17) is 16.3 Å². The molecule has 0 spiro atoms. The molecule has 0 aliphatic heterocycles. The Balaban J connectivity index is 1.37. The molecule has 1 atom stereocenters. The molecule has 0 aromatic heterocycles. The number of carboxylic acid groups (broad SMARTS) is 1. The lowest BCUT2D eigenvalue weighted by Gasteiger charge is -2.56. The molecule has 2 amide bonds. The Hall–Kier alpha value is -3.17. The lowest BCUT2D eigenvalue weighted by atomic mass is 9.59. The minimum absolute atomic E-state index is 0.0507. The zero-order valence-corrected chi connectivity index (χ0v) is 18.9. The third-order valence-electron chi connectivity index (χ3n) is 6.75. The van der Waals surface area contributed by atoms with Crippen LogP contribution >= 0.6 is 11.6 Å². The molecule has 8 nitrogen and oxygen atoms in total. The first kappa shape index (κ1) is 24.0. The molecule has 0 heterocycles. The molecule has 3 saturated carbocycles. The number of aliphatic hydroxyl groups excluding tert-OH is 1. The molecular formula is C24H24ClFN2O6. The molecule has 5 rings (SSSR count). The second-order valence-electron chi connectivity index (χ2n) is 8.87. The molecule has 180 valence electrons. The second kappa shape index (κ2) is 9.23. The van der Waals surface area contributed by atoms with Crippen molar-refractivity contribution in [3.8, 4) is 5.75 Å². The number of hydrogen-bond donors (Lipinski definition) is 4. The molecule has 34 heavy (non-hydrogen) atoms. The number of amides is 2. The summed E-state index contributed by atoms with van der Waals surface area (Å²) < 4.78 is 18.9. The summed E-state index contributed by atoms with van der Waals surface area (Å²) in [5.74, 6) is -2.65. The highest BCUT2D eigenvalue weighted by Crippen LogP contribution is 2.47. The SMILES string of the molecule is O=C(COc1ccc(Cl)c(F)c1)NC12CCC(NC(=O)c3ccccc3C(=O)O)(CC1)CC2O. The van der Waals surface area contributed by atoms with Crippen molar-refractivity contribution in [3.63, 3.8) is 0 Å². The van der Waals surface area contributed by atoms with Crippen molar-refractivity contribution in [2.75, 3.05) is 6.61 Å². The van der Waals surface area contributed by atoms with Crippen LogP contribution in [0, 0.1) is 5.82 Å². The Kier molecular flexibility index (Phi) is 6.51. The molecule has 3 fully saturated rings. The molecule has 10 heteroatoms. The first-order chi connectivity index (χ1) is 16.1. The number of carbonyl (C=O) groups is 3. The van der Waals surface area contributed by atoms with Gasteiger partial charge in [-0.15, -0.1) is 0 Å². The Morgan fingerprint density at radius 1 is 1.06 bits per heavy atom. The van der Waals surface area contributed by atoms with Gasteiger partial charge in [0, 0.05) is 11.6 Å². The van der Waals surface area contributed by atoms with Crippen LogP contribution in [0.1, 0.15) is 52.8 Å². The van der Waals surface area contributed by atoms with Crippen LogP contribution < -0.4 is 15.4 Å². The average molecular weight is 491 g/mol. The Morgan fingerprint density at radius 2 is 1.74 bits per heavy atom. The van der Waals surface area contributed by atoms with Crippen LogP contribution in [-0.2, 0) is 4.79 Å². The van der Waals surface area contributed by atoms with Crippen molar-refractivity contribution in [2.24, 2.45) is 0 Å². The van der Waals surface area contributed by atoms with Gasteiger partial charge in [-0.2, -0.15) is 0 Å². The van der Waals surface area contributed by atoms with E-state index in [0.717, 1.165) is 6.07 Å². The molecule has 2 bridgehead atoms. The first-order valence-corrected chi connectivity index (χ1v) is 11.2. The molecule has 0 saturated heterocycles. The fourth-order valence-corrected chi connectivity index (χ4v) is 4.98. The fraction of sp³-hybridized carbons (Fsp3) is 0.375. The van der Waals surface area contributed by atoms with E-state index in [9.17, 15) is 29.0 Å². The van der Waals surface area contributed by atoms with Gasteiger partial charge >= 0.3 is 5.97 Å². The lowest BCUT2D eigenvalue weighted by Crippen LogP contribution is -2.70. The maximum Gasteiger partial charge on any atom is 0.336 e. The molecule has 2 aromatic rings. The summed E-state index contributed by atoms with van der Waals surface area (Å²) in [6.45, 7) is -0.358. The largest absolute Gasteiger partial charge is 0.484 e. The number of halogens is 2. The van der Waals surface area contributed by atoms with Gasteiger partial charge in [0.1, 0.15) is 11.6 Å². The molecular weight excluding hydrogens is 467 g/mol. The highest BCUT2D eigenvalue weighted by molar-refractivity contribution is 6.30. The normalized spacial score (nSPS) is 25.4. The van der Waals surface area contributed by atoms with E-state index < -0.39 is 40.8 Å². The van der Waals surface area contributed by atoms with Gasteiger partial charge in [-0.05, 0) is 56.4 Å². The van der Waals surface area contributed by atoms with E-state index >= 15 is 0 Å². The summed E-state index contributed by atoms with van der Waals surface area (Å²) in [5.41, 5.74) is -1.57. The van der Waals surface area contributed by atoms with Crippen LogP contribution in [-0.4, -0.2) is 51.8 Å². The summed E-state index contributed by atoms with van der Waals surface area (Å²) in [6, 6.07) is 9.83. The molecule has 2 aromatic carbocycles. The third kappa shape index (κ3) is 4.71. The summed E-state index contributed by atoms with van der Waals surface area (Å²) >= 11 is 5.64. The number of benzene rings is 2. The number of fused-ring (bicyclic) bond motifs is 3. The summed E-state index contributed by atoms with van der Waals surface area (Å²) in [6.07, 6.45) is 1.18. The van der Waals surface area contributed by atoms with Crippen LogP contribution in [0.5, 0.6) is 5.75 Å². The van der Waals surface area contributed by atoms with Crippen molar-refractivity contribution in [1.82, 2.24) is 10.6 Å². The van der Waals surface area contributed by atoms with Crippen molar-refractivity contribution in [1.29, 1.82) is 0 Å². The van der Waals surface area contributed by atoms with Gasteiger partial charge in [-0.1, -0.05) is 23.7 Å². The zero-order valence-electron chi connectivity index (χ0n) is 18.1. The summed E-state index contributed by atoms with van der Waals surface area (Å²) in [7, 11) is 0. The predicted molar refractivity (Wildman–Crippen MR) is 120 cm³/mol. The van der Waals surface area contributed by atoms with E-state index in [1.54, 1.807) is 12.1 Å². The fourth-order valence-electron chi connectivity index (χ4n) is 4.87. The Bertz CT molecular complexity index is 1130. The van der Waals surface area contributed by atoms with E-state index in [1.165, 1.54) is 24.3 Å². The van der Waals surface area contributed by atoms with E-state index in [2.05, 4.69) is 10.6 Å². The topological polar surface area (TPSA) is 125 Å². The van der Waals surface area contributed by atoms with Crippen molar-refractivity contribution in [3.05, 3.63) is 64.4 Å². The number of carbonyl (C=O) groups excluding carboxylic acids is 2. The quantitative estimate of drug-likeness (QED) is 0.473. The second-order valence-corrected chi connectivity index (χ2v) is 9.28. The van der Waals surface area contributed by atoms with Gasteiger partial charge in [0.05, 0.1) is 27.8 Å². The minimum Gasteiger partial charge on any atom is -0.484 e. The maximum atomic E-state index is 13.5. The smallest absolute Gasteiger partial charge is 0.336 e. The van der Waals surface area contributed by atoms with E-state index in [-0.39, 0.29) is 34.9 Å². The summed E-state index contributed by atoms with van der Waals surface area (Å²) in [4.78, 5) is 36.8.